The SMILES string of the molecule is Cc1ccc(-c2cc3cc4nc(cc5[nH]c(cc5-c5ccc(C)cc5)c(OCCO[Si](C)(C)C)c5nc(cc2[nH]3)C(C)(C)C5)C(C)(C)C4)cc1. The van der Waals surface area contributed by atoms with E-state index in [1.807, 2.05) is 0 Å². The molecule has 258 valence electrons. The summed E-state index contributed by atoms with van der Waals surface area (Å²) in [6, 6.07) is 28.7. The lowest BCUT2D eigenvalue weighted by atomic mass is 9.86. The van der Waals surface area contributed by atoms with E-state index >= 15 is 0 Å². The number of aromatic nitrogens is 4. The van der Waals surface area contributed by atoms with Gasteiger partial charge in [-0.15, -0.1) is 0 Å². The Balaban J connectivity index is 1.54. The molecule has 0 radical (unpaired) electrons. The Morgan fingerprint density at radius 1 is 0.640 bits per heavy atom. The summed E-state index contributed by atoms with van der Waals surface area (Å²) in [5.41, 5.74) is 14.8. The number of H-pyrrole nitrogens is 2. The van der Waals surface area contributed by atoms with Crippen molar-refractivity contribution >= 4 is 30.4 Å². The van der Waals surface area contributed by atoms with Gasteiger partial charge >= 0.3 is 0 Å². The van der Waals surface area contributed by atoms with Gasteiger partial charge in [0.2, 0.25) is 0 Å². The molecule has 0 amide bonds. The van der Waals surface area contributed by atoms with Gasteiger partial charge in [0, 0.05) is 68.4 Å². The molecule has 50 heavy (non-hydrogen) atoms. The lowest BCUT2D eigenvalue weighted by Gasteiger charge is -2.18. The summed E-state index contributed by atoms with van der Waals surface area (Å²) in [7, 11) is -1.70. The number of aromatic amines is 2. The topological polar surface area (TPSA) is 75.8 Å². The Bertz CT molecular complexity index is 2220. The van der Waals surface area contributed by atoms with E-state index in [0.717, 1.165) is 80.1 Å². The van der Waals surface area contributed by atoms with E-state index in [0.29, 0.717) is 13.2 Å². The molecule has 0 unspecified atom stereocenters. The molecule has 8 bridgehead atoms. The first kappa shape index (κ1) is 34.0. The van der Waals surface area contributed by atoms with Crippen LogP contribution in [0, 0.1) is 13.8 Å². The summed E-state index contributed by atoms with van der Waals surface area (Å²) < 4.78 is 12.9. The van der Waals surface area contributed by atoms with Crippen LogP contribution in [0.15, 0.2) is 78.9 Å². The third-order valence-electron chi connectivity index (χ3n) is 9.84. The molecule has 2 aliphatic rings. The van der Waals surface area contributed by atoms with Crippen molar-refractivity contribution in [3.05, 3.63) is 113 Å². The van der Waals surface area contributed by atoms with Crippen molar-refractivity contribution in [2.45, 2.75) is 84.9 Å². The van der Waals surface area contributed by atoms with Crippen LogP contribution in [-0.2, 0) is 28.1 Å². The van der Waals surface area contributed by atoms with Crippen LogP contribution in [0.5, 0.6) is 5.75 Å². The molecule has 5 aromatic rings. The van der Waals surface area contributed by atoms with Gasteiger partial charge in [0.25, 0.3) is 0 Å². The predicted octanol–water partition coefficient (Wildman–Crippen LogP) is 10.5. The molecule has 7 rings (SSSR count). The first-order valence-electron chi connectivity index (χ1n) is 17.8. The van der Waals surface area contributed by atoms with E-state index in [4.69, 9.17) is 19.1 Å². The van der Waals surface area contributed by atoms with Gasteiger partial charge < -0.3 is 19.1 Å². The number of ether oxygens (including phenoxy) is 1. The van der Waals surface area contributed by atoms with Gasteiger partial charge in [-0.25, -0.2) is 0 Å². The van der Waals surface area contributed by atoms with Crippen LogP contribution in [0.4, 0.5) is 0 Å². The predicted molar refractivity (Wildman–Crippen MR) is 210 cm³/mol. The van der Waals surface area contributed by atoms with Crippen LogP contribution < -0.4 is 4.74 Å². The van der Waals surface area contributed by atoms with E-state index in [1.165, 1.54) is 16.7 Å². The molecule has 2 aliphatic heterocycles. The standard InChI is InChI=1S/C43H50N4O2Si/c1-27-10-14-29(15-11-27)33-21-31-20-32-25-42(3,4)39(45-32)24-36-34(30-16-12-28(2)13-17-30)22-37(46-36)41(48-18-19-49-50(7,8)9)38-26-43(5,6)40(47-38)23-35(33)44-31/h10-17,20-24,44,46H,18-19,25-26H2,1-9H3. The van der Waals surface area contributed by atoms with Crippen LogP contribution in [0.1, 0.15) is 61.6 Å². The average molecular weight is 683 g/mol. The molecule has 5 heterocycles. The average Bonchev–Trinajstić information content (AvgIpc) is 3.77. The highest BCUT2D eigenvalue weighted by atomic mass is 28.4. The number of aryl methyl sites for hydroxylation is 2. The minimum atomic E-state index is -1.70. The molecule has 6 nitrogen and oxygen atoms in total. The summed E-state index contributed by atoms with van der Waals surface area (Å²) in [4.78, 5) is 18.2. The Kier molecular flexibility index (Phi) is 8.64. The number of rotatable bonds is 7. The molecule has 0 aliphatic carbocycles. The van der Waals surface area contributed by atoms with Crippen LogP contribution in [0.2, 0.25) is 19.6 Å². The van der Waals surface area contributed by atoms with E-state index < -0.39 is 8.32 Å². The zero-order valence-corrected chi connectivity index (χ0v) is 32.0. The lowest BCUT2D eigenvalue weighted by Crippen LogP contribution is -2.27. The van der Waals surface area contributed by atoms with E-state index in [2.05, 4.69) is 150 Å². The molecule has 2 N–H and O–H groups in total. The van der Waals surface area contributed by atoms with Gasteiger partial charge in [-0.3, -0.25) is 9.97 Å². The largest absolute Gasteiger partial charge is 0.487 e. The van der Waals surface area contributed by atoms with E-state index in [-0.39, 0.29) is 10.8 Å². The Labute approximate surface area is 297 Å². The van der Waals surface area contributed by atoms with Crippen molar-refractivity contribution < 1.29 is 9.16 Å². The summed E-state index contributed by atoms with van der Waals surface area (Å²) in [5, 5.41) is 0. The quantitative estimate of drug-likeness (QED) is 0.132. The minimum Gasteiger partial charge on any atom is -0.487 e. The number of nitrogens with zero attached hydrogens (tertiary/aromatic N) is 2. The number of hydrogen-bond donors (Lipinski definition) is 2. The molecule has 0 saturated carbocycles. The van der Waals surface area contributed by atoms with Crippen LogP contribution in [0.25, 0.3) is 44.3 Å². The van der Waals surface area contributed by atoms with E-state index in [9.17, 15) is 0 Å². The minimum absolute atomic E-state index is 0.142. The number of nitrogens with one attached hydrogen (secondary N) is 2. The lowest BCUT2D eigenvalue weighted by molar-refractivity contribution is 0.212. The van der Waals surface area contributed by atoms with Crippen molar-refractivity contribution in [3.8, 4) is 28.0 Å². The van der Waals surface area contributed by atoms with Crippen molar-refractivity contribution in [1.82, 2.24) is 19.9 Å². The van der Waals surface area contributed by atoms with Gasteiger partial charge in [-0.1, -0.05) is 87.4 Å². The third-order valence-corrected chi connectivity index (χ3v) is 10.9. The van der Waals surface area contributed by atoms with E-state index in [1.54, 1.807) is 0 Å². The molecule has 3 aromatic heterocycles. The van der Waals surface area contributed by atoms with Crippen molar-refractivity contribution in [2.24, 2.45) is 0 Å². The number of benzene rings is 2. The van der Waals surface area contributed by atoms with Gasteiger partial charge in [0.05, 0.1) is 17.8 Å². The van der Waals surface area contributed by atoms with Crippen LogP contribution >= 0.6 is 0 Å². The van der Waals surface area contributed by atoms with Gasteiger partial charge in [-0.2, -0.15) is 0 Å². The normalized spacial score (nSPS) is 15.3. The number of hydrogen-bond acceptors (Lipinski definition) is 4. The second-order valence-corrected chi connectivity index (χ2v) is 20.9. The van der Waals surface area contributed by atoms with Gasteiger partial charge in [0.1, 0.15) is 6.61 Å². The monoisotopic (exact) mass is 682 g/mol. The zero-order valence-electron chi connectivity index (χ0n) is 31.0. The summed E-state index contributed by atoms with van der Waals surface area (Å²) in [5.74, 6) is 0.778. The maximum atomic E-state index is 6.71. The molecular weight excluding hydrogens is 633 g/mol. The Morgan fingerprint density at radius 2 is 1.20 bits per heavy atom. The molecule has 0 fully saturated rings. The van der Waals surface area contributed by atoms with Gasteiger partial charge in [-0.05, 0) is 74.9 Å². The smallest absolute Gasteiger partial charge is 0.183 e. The highest BCUT2D eigenvalue weighted by Gasteiger charge is 2.32. The highest BCUT2D eigenvalue weighted by Crippen LogP contribution is 2.40. The van der Waals surface area contributed by atoms with Crippen LogP contribution in [0.3, 0.4) is 0 Å². The maximum absolute atomic E-state index is 6.71. The zero-order chi connectivity index (χ0) is 35.4. The molecule has 0 atom stereocenters. The summed E-state index contributed by atoms with van der Waals surface area (Å²) >= 11 is 0. The fourth-order valence-corrected chi connectivity index (χ4v) is 7.70. The first-order valence-corrected chi connectivity index (χ1v) is 21.2. The Hall–Kier alpha value is -4.46. The van der Waals surface area contributed by atoms with Crippen molar-refractivity contribution in [3.63, 3.8) is 0 Å². The molecule has 0 spiro atoms. The molecule has 7 heteroatoms. The molecule has 0 saturated heterocycles. The highest BCUT2D eigenvalue weighted by molar-refractivity contribution is 6.69. The third kappa shape index (κ3) is 7.07. The summed E-state index contributed by atoms with van der Waals surface area (Å²) in [6.07, 6.45) is 1.59. The second-order valence-electron chi connectivity index (χ2n) is 16.4. The first-order chi connectivity index (χ1) is 23.6. The molecular formula is C43H50N4O2Si. The van der Waals surface area contributed by atoms with Crippen molar-refractivity contribution in [1.29, 1.82) is 0 Å². The number of fused-ring (bicyclic) bond motifs is 8. The van der Waals surface area contributed by atoms with Crippen molar-refractivity contribution in [2.75, 3.05) is 13.2 Å². The van der Waals surface area contributed by atoms with Crippen LogP contribution in [-0.4, -0.2) is 41.5 Å². The fraction of sp³-hybridized carbons (Fsp3) is 0.349. The maximum Gasteiger partial charge on any atom is 0.183 e. The second kappa shape index (κ2) is 12.7. The molecule has 2 aromatic carbocycles. The fourth-order valence-electron chi connectivity index (χ4n) is 7.00. The summed E-state index contributed by atoms with van der Waals surface area (Å²) in [6.45, 7) is 21.0. The Morgan fingerprint density at radius 3 is 1.82 bits per heavy atom. The van der Waals surface area contributed by atoms with Gasteiger partial charge in [0.15, 0.2) is 14.1 Å².